The van der Waals surface area contributed by atoms with Gasteiger partial charge in [0.15, 0.2) is 0 Å². The Morgan fingerprint density at radius 2 is 1.88 bits per heavy atom. The van der Waals surface area contributed by atoms with Gasteiger partial charge in [-0.1, -0.05) is 23.4 Å². The van der Waals surface area contributed by atoms with E-state index in [0.717, 1.165) is 5.56 Å². The summed E-state index contributed by atoms with van der Waals surface area (Å²) in [4.78, 5) is 20.5. The molecule has 0 aliphatic rings. The van der Waals surface area contributed by atoms with Gasteiger partial charge in [0.2, 0.25) is 11.7 Å². The van der Waals surface area contributed by atoms with Crippen LogP contribution in [0.25, 0.3) is 11.4 Å². The largest absolute Gasteiger partial charge is 0.340 e. The van der Waals surface area contributed by atoms with E-state index in [1.165, 1.54) is 6.07 Å². The summed E-state index contributed by atoms with van der Waals surface area (Å²) in [6.07, 6.45) is 3.22. The van der Waals surface area contributed by atoms with Crippen LogP contribution in [0.1, 0.15) is 19.4 Å². The summed E-state index contributed by atoms with van der Waals surface area (Å²) in [5.74, 6) is -0.533. The molecule has 0 fully saturated rings. The highest BCUT2D eigenvalue weighted by molar-refractivity contribution is 5.88. The van der Waals surface area contributed by atoms with E-state index in [-0.39, 0.29) is 11.6 Å². The average molecular weight is 341 g/mol. The zero-order valence-corrected chi connectivity index (χ0v) is 13.7. The summed E-state index contributed by atoms with van der Waals surface area (Å²) < 4.78 is 19.0. The minimum absolute atomic E-state index is 0.0181. The summed E-state index contributed by atoms with van der Waals surface area (Å²) in [5.41, 5.74) is 4.94. The molecular formula is C17H16FN5O2. The predicted octanol–water partition coefficient (Wildman–Crippen LogP) is 2.69. The molecule has 25 heavy (non-hydrogen) atoms. The van der Waals surface area contributed by atoms with Gasteiger partial charge in [-0.05, 0) is 32.0 Å². The lowest BCUT2D eigenvalue weighted by Crippen LogP contribution is -2.43. The molecule has 0 unspecified atom stereocenters. The van der Waals surface area contributed by atoms with Crippen LogP contribution in [-0.2, 0) is 10.2 Å². The molecule has 128 valence electrons. The Bertz CT molecular complexity index is 880. The minimum atomic E-state index is -1.09. The second kappa shape index (κ2) is 6.68. The summed E-state index contributed by atoms with van der Waals surface area (Å²) in [7, 11) is 0. The van der Waals surface area contributed by atoms with Crippen LogP contribution in [0.5, 0.6) is 0 Å². The molecule has 7 nitrogen and oxygen atoms in total. The maximum absolute atomic E-state index is 14.0. The van der Waals surface area contributed by atoms with Crippen LogP contribution in [0, 0.1) is 5.82 Å². The van der Waals surface area contributed by atoms with Gasteiger partial charge in [0.25, 0.3) is 0 Å². The molecular weight excluding hydrogens is 325 g/mol. The van der Waals surface area contributed by atoms with Crippen LogP contribution in [0.3, 0.4) is 0 Å². The Morgan fingerprint density at radius 1 is 1.16 bits per heavy atom. The van der Waals surface area contributed by atoms with E-state index in [2.05, 4.69) is 26.0 Å². The average Bonchev–Trinajstić information content (AvgIpc) is 3.09. The van der Waals surface area contributed by atoms with Crippen LogP contribution >= 0.6 is 0 Å². The highest BCUT2D eigenvalue weighted by Crippen LogP contribution is 2.26. The third-order valence-corrected chi connectivity index (χ3v) is 3.76. The zero-order valence-electron chi connectivity index (χ0n) is 13.7. The number of anilines is 1. The number of hydrogen-bond donors (Lipinski definition) is 2. The standard InChI is InChI=1S/C17H16FN5O2/c1-17(2,12-5-3-4-6-13(12)18)15(24)21-22-16-20-14(23-25-16)11-7-9-19-10-8-11/h3-10H,1-2H3,(H,21,24)(H,20,22,23). The van der Waals surface area contributed by atoms with E-state index >= 15 is 0 Å². The highest BCUT2D eigenvalue weighted by Gasteiger charge is 2.32. The Kier molecular flexibility index (Phi) is 4.42. The van der Waals surface area contributed by atoms with Crippen LogP contribution in [0.4, 0.5) is 10.4 Å². The summed E-state index contributed by atoms with van der Waals surface area (Å²) >= 11 is 0. The number of nitrogens with zero attached hydrogens (tertiary/aromatic N) is 3. The monoisotopic (exact) mass is 341 g/mol. The first-order valence-electron chi connectivity index (χ1n) is 7.54. The van der Waals surface area contributed by atoms with Gasteiger partial charge in [-0.2, -0.15) is 4.98 Å². The molecule has 0 radical (unpaired) electrons. The molecule has 2 N–H and O–H groups in total. The Balaban J connectivity index is 1.68. The molecule has 3 rings (SSSR count). The topological polar surface area (TPSA) is 92.9 Å². The third kappa shape index (κ3) is 3.47. The second-order valence-corrected chi connectivity index (χ2v) is 5.84. The summed E-state index contributed by atoms with van der Waals surface area (Å²) in [5, 5.41) is 3.81. The molecule has 3 aromatic rings. The van der Waals surface area contributed by atoms with Gasteiger partial charge in [-0.25, -0.2) is 9.82 Å². The smallest absolute Gasteiger partial charge is 0.313 e. The fourth-order valence-corrected chi connectivity index (χ4v) is 2.25. The van der Waals surface area contributed by atoms with Crippen molar-refractivity contribution in [3.63, 3.8) is 0 Å². The number of aromatic nitrogens is 3. The van der Waals surface area contributed by atoms with Gasteiger partial charge in [0, 0.05) is 23.5 Å². The van der Waals surface area contributed by atoms with Crippen molar-refractivity contribution in [1.29, 1.82) is 0 Å². The number of benzene rings is 1. The number of halogens is 1. The second-order valence-electron chi connectivity index (χ2n) is 5.84. The summed E-state index contributed by atoms with van der Waals surface area (Å²) in [6, 6.07) is 9.62. The van der Waals surface area contributed by atoms with Crippen molar-refractivity contribution >= 4 is 11.9 Å². The Hall–Kier alpha value is -3.29. The lowest BCUT2D eigenvalue weighted by atomic mass is 9.83. The number of carbonyl (C=O) groups excluding carboxylic acids is 1. The number of carbonyl (C=O) groups is 1. The van der Waals surface area contributed by atoms with E-state index in [9.17, 15) is 9.18 Å². The molecule has 0 bridgehead atoms. The predicted molar refractivity (Wildman–Crippen MR) is 88.7 cm³/mol. The van der Waals surface area contributed by atoms with Crippen LogP contribution in [0.15, 0.2) is 53.3 Å². The first kappa shape index (κ1) is 16.6. The van der Waals surface area contributed by atoms with E-state index < -0.39 is 17.1 Å². The van der Waals surface area contributed by atoms with E-state index in [1.54, 1.807) is 56.6 Å². The molecule has 0 aliphatic carbocycles. The Morgan fingerprint density at radius 3 is 2.60 bits per heavy atom. The van der Waals surface area contributed by atoms with E-state index in [4.69, 9.17) is 4.52 Å². The van der Waals surface area contributed by atoms with Crippen molar-refractivity contribution in [3.8, 4) is 11.4 Å². The van der Waals surface area contributed by atoms with Gasteiger partial charge >= 0.3 is 6.01 Å². The van der Waals surface area contributed by atoms with Gasteiger partial charge in [0.05, 0.1) is 5.41 Å². The normalized spacial score (nSPS) is 11.2. The van der Waals surface area contributed by atoms with Crippen molar-refractivity contribution in [1.82, 2.24) is 20.6 Å². The van der Waals surface area contributed by atoms with Crippen LogP contribution in [-0.4, -0.2) is 21.0 Å². The third-order valence-electron chi connectivity index (χ3n) is 3.76. The van der Waals surface area contributed by atoms with Gasteiger partial charge in [-0.15, -0.1) is 0 Å². The summed E-state index contributed by atoms with van der Waals surface area (Å²) in [6.45, 7) is 3.25. The van der Waals surface area contributed by atoms with Crippen molar-refractivity contribution in [2.75, 3.05) is 5.43 Å². The molecule has 0 aliphatic heterocycles. The molecule has 1 amide bonds. The molecule has 2 aromatic heterocycles. The number of amides is 1. The van der Waals surface area contributed by atoms with Crippen molar-refractivity contribution in [3.05, 3.63) is 60.2 Å². The lowest BCUT2D eigenvalue weighted by molar-refractivity contribution is -0.125. The lowest BCUT2D eigenvalue weighted by Gasteiger charge is -2.24. The first-order valence-corrected chi connectivity index (χ1v) is 7.54. The first-order chi connectivity index (χ1) is 12.0. The minimum Gasteiger partial charge on any atom is -0.313 e. The number of pyridine rings is 1. The molecule has 0 spiro atoms. The molecule has 1 aromatic carbocycles. The van der Waals surface area contributed by atoms with Crippen molar-refractivity contribution in [2.45, 2.75) is 19.3 Å². The molecule has 0 saturated heterocycles. The zero-order chi connectivity index (χ0) is 17.9. The van der Waals surface area contributed by atoms with E-state index in [1.807, 2.05) is 0 Å². The van der Waals surface area contributed by atoms with Gasteiger partial charge in [-0.3, -0.25) is 15.2 Å². The molecule has 0 saturated carbocycles. The number of rotatable bonds is 5. The highest BCUT2D eigenvalue weighted by atomic mass is 19.1. The van der Waals surface area contributed by atoms with Gasteiger partial charge in [0.1, 0.15) is 5.82 Å². The maximum Gasteiger partial charge on any atom is 0.340 e. The number of hydrogen-bond acceptors (Lipinski definition) is 6. The van der Waals surface area contributed by atoms with Gasteiger partial charge < -0.3 is 4.52 Å². The fourth-order valence-electron chi connectivity index (χ4n) is 2.25. The fraction of sp³-hybridized carbons (Fsp3) is 0.176. The van der Waals surface area contributed by atoms with E-state index in [0.29, 0.717) is 5.82 Å². The van der Waals surface area contributed by atoms with Crippen LogP contribution < -0.4 is 10.9 Å². The molecule has 2 heterocycles. The number of nitrogens with one attached hydrogen (secondary N) is 2. The van der Waals surface area contributed by atoms with Crippen molar-refractivity contribution < 1.29 is 13.7 Å². The number of hydrazine groups is 1. The quantitative estimate of drug-likeness (QED) is 0.693. The van der Waals surface area contributed by atoms with Crippen molar-refractivity contribution in [2.24, 2.45) is 0 Å². The molecule has 0 atom stereocenters. The van der Waals surface area contributed by atoms with Crippen LogP contribution in [0.2, 0.25) is 0 Å². The maximum atomic E-state index is 14.0. The molecule has 8 heteroatoms. The SMILES string of the molecule is CC(C)(C(=O)NNc1nc(-c2ccncc2)no1)c1ccccc1F. The Labute approximate surface area is 143 Å².